The molecule has 3 aromatic rings. The third kappa shape index (κ3) is 4.74. The topological polar surface area (TPSA) is 68.3 Å². The van der Waals surface area contributed by atoms with Crippen molar-refractivity contribution in [1.82, 2.24) is 4.98 Å². The van der Waals surface area contributed by atoms with Crippen LogP contribution in [0.3, 0.4) is 0 Å². The van der Waals surface area contributed by atoms with E-state index in [0.717, 1.165) is 23.5 Å². The second-order valence-corrected chi connectivity index (χ2v) is 9.41. The number of benzene rings is 2. The highest BCUT2D eigenvalue weighted by atomic mass is 35.5. The van der Waals surface area contributed by atoms with Crippen molar-refractivity contribution in [1.29, 1.82) is 0 Å². The summed E-state index contributed by atoms with van der Waals surface area (Å²) in [6.07, 6.45) is -4.15. The molecule has 1 unspecified atom stereocenters. The summed E-state index contributed by atoms with van der Waals surface area (Å²) in [6, 6.07) is 10.1. The maximum atomic E-state index is 13.1. The van der Waals surface area contributed by atoms with E-state index in [1.54, 1.807) is 31.2 Å². The van der Waals surface area contributed by atoms with E-state index in [9.17, 15) is 22.8 Å². The van der Waals surface area contributed by atoms with E-state index in [0.29, 0.717) is 27.3 Å². The van der Waals surface area contributed by atoms with Gasteiger partial charge in [-0.05, 0) is 49.2 Å². The predicted molar refractivity (Wildman–Crippen MR) is 119 cm³/mol. The van der Waals surface area contributed by atoms with Crippen molar-refractivity contribution >= 4 is 39.9 Å². The SMILES string of the molecule is Cc1nc(NC(=O)C2(C)Cc3ccccc3C(=O)O2)sc1Cc1cc(C(F)(F)F)ccc1Cl. The Kier molecular flexibility index (Phi) is 5.96. The molecule has 5 nitrogen and oxygen atoms in total. The number of hydrogen-bond donors (Lipinski definition) is 1. The van der Waals surface area contributed by atoms with Crippen LogP contribution >= 0.6 is 22.9 Å². The standard InChI is InChI=1S/C23H18ClF3N2O3S/c1-12-18(10-14-9-15(23(25,26)27)7-8-17(14)24)33-21(28-12)29-20(31)22(2)11-13-5-3-4-6-16(13)19(30)32-22/h3-9H,10-11H2,1-2H3,(H,28,29,31). The van der Waals surface area contributed by atoms with Gasteiger partial charge >= 0.3 is 12.1 Å². The first-order valence-corrected chi connectivity index (χ1v) is 11.1. The molecule has 0 radical (unpaired) electrons. The highest BCUT2D eigenvalue weighted by Gasteiger charge is 2.43. The fourth-order valence-corrected chi connectivity index (χ4v) is 4.76. The minimum Gasteiger partial charge on any atom is -0.445 e. The number of rotatable bonds is 4. The van der Waals surface area contributed by atoms with Gasteiger partial charge in [0.25, 0.3) is 5.91 Å². The summed E-state index contributed by atoms with van der Waals surface area (Å²) in [5.41, 5.74) is -0.212. The lowest BCUT2D eigenvalue weighted by molar-refractivity contribution is -0.137. The zero-order valence-corrected chi connectivity index (χ0v) is 19.1. The van der Waals surface area contributed by atoms with E-state index in [2.05, 4.69) is 10.3 Å². The first-order chi connectivity index (χ1) is 15.5. The molecular formula is C23H18ClF3N2O3S. The quantitative estimate of drug-likeness (QED) is 0.464. The van der Waals surface area contributed by atoms with Crippen LogP contribution in [-0.4, -0.2) is 22.5 Å². The van der Waals surface area contributed by atoms with Gasteiger partial charge in [-0.1, -0.05) is 29.8 Å². The number of alkyl halides is 3. The molecule has 0 saturated carbocycles. The summed E-state index contributed by atoms with van der Waals surface area (Å²) in [6.45, 7) is 3.22. The second kappa shape index (κ2) is 8.46. The maximum absolute atomic E-state index is 13.1. The number of anilines is 1. The number of nitrogens with zero attached hydrogens (tertiary/aromatic N) is 1. The summed E-state index contributed by atoms with van der Waals surface area (Å²) < 4.78 is 44.6. The highest BCUT2D eigenvalue weighted by Crippen LogP contribution is 2.35. The summed E-state index contributed by atoms with van der Waals surface area (Å²) in [7, 11) is 0. The molecule has 1 aliphatic heterocycles. The van der Waals surface area contributed by atoms with Gasteiger partial charge in [-0.2, -0.15) is 13.2 Å². The fraction of sp³-hybridized carbons (Fsp3) is 0.261. The number of halogens is 4. The predicted octanol–water partition coefficient (Wildman–Crippen LogP) is 5.82. The third-order valence-corrected chi connectivity index (χ3v) is 6.84. The minimum atomic E-state index is -4.48. The van der Waals surface area contributed by atoms with E-state index < -0.39 is 29.2 Å². The molecule has 1 aliphatic rings. The van der Waals surface area contributed by atoms with E-state index in [4.69, 9.17) is 16.3 Å². The molecule has 1 atom stereocenters. The van der Waals surface area contributed by atoms with Crippen molar-refractivity contribution in [2.75, 3.05) is 5.32 Å². The van der Waals surface area contributed by atoms with Crippen LogP contribution in [0.15, 0.2) is 42.5 Å². The van der Waals surface area contributed by atoms with Crippen LogP contribution in [0.4, 0.5) is 18.3 Å². The zero-order chi connectivity index (χ0) is 24.0. The van der Waals surface area contributed by atoms with Crippen molar-refractivity contribution in [2.45, 2.75) is 38.5 Å². The Hall–Kier alpha value is -2.91. The van der Waals surface area contributed by atoms with Crippen molar-refractivity contribution in [3.63, 3.8) is 0 Å². The number of hydrogen-bond acceptors (Lipinski definition) is 5. The molecule has 0 aliphatic carbocycles. The molecule has 0 spiro atoms. The second-order valence-electron chi connectivity index (χ2n) is 7.92. The number of aromatic nitrogens is 1. The molecule has 1 N–H and O–H groups in total. The number of cyclic esters (lactones) is 1. The van der Waals surface area contributed by atoms with Gasteiger partial charge in [0.05, 0.1) is 16.8 Å². The molecule has 1 amide bonds. The van der Waals surface area contributed by atoms with Crippen LogP contribution in [0.25, 0.3) is 0 Å². The van der Waals surface area contributed by atoms with Crippen molar-refractivity contribution in [3.05, 3.63) is 80.3 Å². The summed E-state index contributed by atoms with van der Waals surface area (Å²) in [4.78, 5) is 30.3. The summed E-state index contributed by atoms with van der Waals surface area (Å²) in [5.74, 6) is -1.12. The van der Waals surface area contributed by atoms with Crippen molar-refractivity contribution < 1.29 is 27.5 Å². The fourth-order valence-electron chi connectivity index (χ4n) is 3.59. The van der Waals surface area contributed by atoms with Crippen LogP contribution in [0.5, 0.6) is 0 Å². The first kappa shape index (κ1) is 23.3. The Morgan fingerprint density at radius 2 is 2.00 bits per heavy atom. The van der Waals surface area contributed by atoms with Gasteiger partial charge in [-0.3, -0.25) is 10.1 Å². The number of carbonyl (C=O) groups is 2. The Morgan fingerprint density at radius 1 is 1.27 bits per heavy atom. The molecule has 10 heteroatoms. The van der Waals surface area contributed by atoms with Crippen LogP contribution in [0.2, 0.25) is 5.02 Å². The average Bonchev–Trinajstić information content (AvgIpc) is 3.07. The van der Waals surface area contributed by atoms with Gasteiger partial charge in [-0.25, -0.2) is 9.78 Å². The lowest BCUT2D eigenvalue weighted by atomic mass is 9.89. The minimum absolute atomic E-state index is 0.127. The smallest absolute Gasteiger partial charge is 0.416 e. The number of ether oxygens (including phenoxy) is 1. The number of aryl methyl sites for hydroxylation is 1. The van der Waals surface area contributed by atoms with Gasteiger partial charge in [-0.15, -0.1) is 11.3 Å². The van der Waals surface area contributed by atoms with Gasteiger partial charge in [0.2, 0.25) is 0 Å². The Bertz CT molecular complexity index is 1260. The molecule has 172 valence electrons. The van der Waals surface area contributed by atoms with E-state index >= 15 is 0 Å². The number of amides is 1. The van der Waals surface area contributed by atoms with Crippen molar-refractivity contribution in [3.8, 4) is 0 Å². The first-order valence-electron chi connectivity index (χ1n) is 9.91. The molecule has 0 bridgehead atoms. The molecule has 33 heavy (non-hydrogen) atoms. The maximum Gasteiger partial charge on any atom is 0.416 e. The van der Waals surface area contributed by atoms with Gasteiger partial charge in [0.1, 0.15) is 0 Å². The van der Waals surface area contributed by atoms with E-state index in [-0.39, 0.29) is 23.0 Å². The Morgan fingerprint density at radius 3 is 2.73 bits per heavy atom. The summed E-state index contributed by atoms with van der Waals surface area (Å²) >= 11 is 7.24. The number of esters is 1. The van der Waals surface area contributed by atoms with Gasteiger partial charge < -0.3 is 4.74 Å². The Balaban J connectivity index is 1.53. The molecule has 1 aromatic heterocycles. The van der Waals surface area contributed by atoms with Gasteiger partial charge in [0, 0.05) is 22.7 Å². The number of thiazole rings is 1. The van der Waals surface area contributed by atoms with Crippen LogP contribution < -0.4 is 5.32 Å². The molecular weight excluding hydrogens is 477 g/mol. The van der Waals surface area contributed by atoms with Crippen LogP contribution in [-0.2, 0) is 28.5 Å². The van der Waals surface area contributed by atoms with E-state index in [1.165, 1.54) is 13.0 Å². The number of fused-ring (bicyclic) bond motifs is 1. The van der Waals surface area contributed by atoms with Crippen LogP contribution in [0.1, 0.15) is 44.5 Å². The van der Waals surface area contributed by atoms with Crippen molar-refractivity contribution in [2.24, 2.45) is 0 Å². The highest BCUT2D eigenvalue weighted by molar-refractivity contribution is 7.15. The molecule has 0 fully saturated rings. The molecule has 4 rings (SSSR count). The van der Waals surface area contributed by atoms with Gasteiger partial charge in [0.15, 0.2) is 10.7 Å². The monoisotopic (exact) mass is 494 g/mol. The zero-order valence-electron chi connectivity index (χ0n) is 17.5. The van der Waals surface area contributed by atoms with Crippen LogP contribution in [0, 0.1) is 6.92 Å². The summed E-state index contributed by atoms with van der Waals surface area (Å²) in [5, 5.41) is 3.15. The normalized spacial score (nSPS) is 17.9. The molecule has 2 heterocycles. The lowest BCUT2D eigenvalue weighted by Crippen LogP contribution is -2.48. The molecule has 0 saturated heterocycles. The number of nitrogens with one attached hydrogen (secondary N) is 1. The largest absolute Gasteiger partial charge is 0.445 e. The number of carbonyl (C=O) groups excluding carboxylic acids is 2. The third-order valence-electron chi connectivity index (χ3n) is 5.40. The molecule has 2 aromatic carbocycles. The van der Waals surface area contributed by atoms with E-state index in [1.807, 2.05) is 0 Å². The average molecular weight is 495 g/mol. The Labute approximate surface area is 196 Å². The lowest BCUT2D eigenvalue weighted by Gasteiger charge is -2.32.